The number of para-hydroxylation sites is 1. The summed E-state index contributed by atoms with van der Waals surface area (Å²) in [7, 11) is -1.11. The molecule has 0 aliphatic rings. The second kappa shape index (κ2) is 7.31. The van der Waals surface area contributed by atoms with Crippen molar-refractivity contribution in [3.63, 3.8) is 0 Å². The summed E-state index contributed by atoms with van der Waals surface area (Å²) in [5.74, 6) is 0.148. The van der Waals surface area contributed by atoms with Crippen molar-refractivity contribution in [1.82, 2.24) is 3.97 Å². The molecule has 0 spiro atoms. The predicted molar refractivity (Wildman–Crippen MR) is 108 cm³/mol. The summed E-state index contributed by atoms with van der Waals surface area (Å²) in [4.78, 5) is 12.3. The van der Waals surface area contributed by atoms with E-state index in [2.05, 4.69) is 0 Å². The fourth-order valence-electron chi connectivity index (χ4n) is 3.31. The molecule has 1 heterocycles. The van der Waals surface area contributed by atoms with Crippen LogP contribution in [0.2, 0.25) is 0 Å². The van der Waals surface area contributed by atoms with Gasteiger partial charge in [-0.1, -0.05) is 32.0 Å². The third-order valence-electron chi connectivity index (χ3n) is 4.77. The van der Waals surface area contributed by atoms with E-state index in [4.69, 9.17) is 9.47 Å². The minimum absolute atomic E-state index is 0.0801. The molecule has 6 nitrogen and oxygen atoms in total. The van der Waals surface area contributed by atoms with Gasteiger partial charge in [0, 0.05) is 11.6 Å². The summed E-state index contributed by atoms with van der Waals surface area (Å²) in [5.41, 5.74) is 2.00. The first-order chi connectivity index (χ1) is 13.2. The molecule has 0 N–H and O–H groups in total. The van der Waals surface area contributed by atoms with Crippen LogP contribution in [-0.4, -0.2) is 32.6 Å². The Hall–Kier alpha value is -2.80. The molecule has 0 radical (unpaired) electrons. The maximum Gasteiger partial charge on any atom is 0.340 e. The topological polar surface area (TPSA) is 74.6 Å². The van der Waals surface area contributed by atoms with Gasteiger partial charge in [0.1, 0.15) is 5.75 Å². The number of carbonyl (C=O) groups is 1. The number of esters is 1. The van der Waals surface area contributed by atoms with Crippen molar-refractivity contribution in [2.24, 2.45) is 0 Å². The van der Waals surface area contributed by atoms with E-state index in [9.17, 15) is 13.2 Å². The maximum absolute atomic E-state index is 13.5. The van der Waals surface area contributed by atoms with Crippen molar-refractivity contribution < 1.29 is 22.7 Å². The zero-order chi connectivity index (χ0) is 20.6. The lowest BCUT2D eigenvalue weighted by Crippen LogP contribution is -2.14. The molecule has 0 fully saturated rings. The molecular formula is C21H23NO5S. The third-order valence-corrected chi connectivity index (χ3v) is 6.59. The van der Waals surface area contributed by atoms with Crippen LogP contribution in [-0.2, 0) is 14.8 Å². The van der Waals surface area contributed by atoms with Crippen molar-refractivity contribution in [2.45, 2.75) is 31.6 Å². The van der Waals surface area contributed by atoms with Gasteiger partial charge in [-0.05, 0) is 42.2 Å². The van der Waals surface area contributed by atoms with Crippen molar-refractivity contribution in [2.75, 3.05) is 14.2 Å². The minimum Gasteiger partial charge on any atom is -0.496 e. The van der Waals surface area contributed by atoms with Crippen LogP contribution >= 0.6 is 0 Å². The number of ether oxygens (including phenoxy) is 2. The van der Waals surface area contributed by atoms with Gasteiger partial charge in [-0.15, -0.1) is 0 Å². The van der Waals surface area contributed by atoms with Gasteiger partial charge in [0.15, 0.2) is 0 Å². The number of methoxy groups -OCH3 is 2. The van der Waals surface area contributed by atoms with E-state index >= 15 is 0 Å². The number of rotatable bonds is 5. The molecule has 0 aliphatic carbocycles. The highest BCUT2D eigenvalue weighted by molar-refractivity contribution is 7.90. The average Bonchev–Trinajstić information content (AvgIpc) is 3.07. The summed E-state index contributed by atoms with van der Waals surface area (Å²) in [6.07, 6.45) is 1.32. The Labute approximate surface area is 164 Å². The lowest BCUT2D eigenvalue weighted by molar-refractivity contribution is 0.0603. The molecule has 7 heteroatoms. The van der Waals surface area contributed by atoms with Crippen LogP contribution in [0.5, 0.6) is 5.75 Å². The number of fused-ring (bicyclic) bond motifs is 1. The molecule has 3 aromatic rings. The Morgan fingerprint density at radius 2 is 1.79 bits per heavy atom. The number of hydrogen-bond acceptors (Lipinski definition) is 5. The zero-order valence-corrected chi connectivity index (χ0v) is 17.3. The summed E-state index contributed by atoms with van der Waals surface area (Å²) < 4.78 is 38.5. The Bertz CT molecular complexity index is 1160. The van der Waals surface area contributed by atoms with Crippen molar-refractivity contribution in [1.29, 1.82) is 0 Å². The quantitative estimate of drug-likeness (QED) is 0.602. The van der Waals surface area contributed by atoms with E-state index in [1.54, 1.807) is 50.4 Å². The van der Waals surface area contributed by atoms with Crippen LogP contribution < -0.4 is 4.74 Å². The summed E-state index contributed by atoms with van der Waals surface area (Å²) in [6, 6.07) is 10.2. The van der Waals surface area contributed by atoms with Crippen LogP contribution in [0.25, 0.3) is 10.9 Å². The molecule has 0 amide bonds. The fraction of sp³-hybridized carbons (Fsp3) is 0.286. The SMILES string of the molecule is COC(=O)c1cn(S(=O)(=O)c2cc(C(C)C)c(OC)cc2C)c2ccccc12. The van der Waals surface area contributed by atoms with Gasteiger partial charge in [-0.3, -0.25) is 0 Å². The highest BCUT2D eigenvalue weighted by Gasteiger charge is 2.27. The molecule has 148 valence electrons. The summed E-state index contributed by atoms with van der Waals surface area (Å²) >= 11 is 0. The van der Waals surface area contributed by atoms with Gasteiger partial charge in [0.25, 0.3) is 10.0 Å². The number of nitrogens with zero attached hydrogens (tertiary/aromatic N) is 1. The molecular weight excluding hydrogens is 378 g/mol. The smallest absolute Gasteiger partial charge is 0.340 e. The van der Waals surface area contributed by atoms with E-state index < -0.39 is 16.0 Å². The second-order valence-electron chi connectivity index (χ2n) is 6.87. The number of hydrogen-bond donors (Lipinski definition) is 0. The highest BCUT2D eigenvalue weighted by Crippen LogP contribution is 2.34. The molecule has 0 aliphatic heterocycles. The van der Waals surface area contributed by atoms with E-state index in [-0.39, 0.29) is 16.4 Å². The zero-order valence-electron chi connectivity index (χ0n) is 16.5. The second-order valence-corrected chi connectivity index (χ2v) is 8.65. The minimum atomic E-state index is -3.94. The Balaban J connectivity index is 2.31. The molecule has 0 unspecified atom stereocenters. The number of aromatic nitrogens is 1. The third kappa shape index (κ3) is 3.16. The number of carbonyl (C=O) groups excluding carboxylic acids is 1. The molecule has 1 aromatic heterocycles. The largest absolute Gasteiger partial charge is 0.496 e. The number of aryl methyl sites for hydroxylation is 1. The van der Waals surface area contributed by atoms with E-state index in [1.807, 2.05) is 13.8 Å². The van der Waals surface area contributed by atoms with Gasteiger partial charge in [-0.25, -0.2) is 17.2 Å². The van der Waals surface area contributed by atoms with Crippen LogP contribution in [0.1, 0.15) is 41.3 Å². The van der Waals surface area contributed by atoms with Crippen LogP contribution in [0.4, 0.5) is 0 Å². The number of benzene rings is 2. The van der Waals surface area contributed by atoms with Gasteiger partial charge in [0.05, 0.1) is 30.2 Å². The standard InChI is InChI=1S/C21H23NO5S/c1-13(2)16-11-20(14(3)10-19(16)26-4)28(24,25)22-12-17(21(23)27-5)15-8-6-7-9-18(15)22/h6-13H,1-5H3. The lowest BCUT2D eigenvalue weighted by atomic mass is 10.0. The normalized spacial score (nSPS) is 11.8. The molecule has 0 atom stereocenters. The first-order valence-electron chi connectivity index (χ1n) is 8.84. The molecule has 0 saturated carbocycles. The van der Waals surface area contributed by atoms with Gasteiger partial charge < -0.3 is 9.47 Å². The molecule has 0 saturated heterocycles. The highest BCUT2D eigenvalue weighted by atomic mass is 32.2. The van der Waals surface area contributed by atoms with Crippen LogP contribution in [0.3, 0.4) is 0 Å². The van der Waals surface area contributed by atoms with Crippen LogP contribution in [0.15, 0.2) is 47.5 Å². The average molecular weight is 401 g/mol. The van der Waals surface area contributed by atoms with Gasteiger partial charge >= 0.3 is 5.97 Å². The lowest BCUT2D eigenvalue weighted by Gasteiger charge is -2.17. The molecule has 3 rings (SSSR count). The Morgan fingerprint density at radius 1 is 1.11 bits per heavy atom. The fourth-order valence-corrected chi connectivity index (χ4v) is 4.93. The van der Waals surface area contributed by atoms with Crippen molar-refractivity contribution in [3.05, 3.63) is 59.3 Å². The van der Waals surface area contributed by atoms with Crippen LogP contribution in [0, 0.1) is 6.92 Å². The monoisotopic (exact) mass is 401 g/mol. The van der Waals surface area contributed by atoms with E-state index in [1.165, 1.54) is 13.3 Å². The first-order valence-corrected chi connectivity index (χ1v) is 10.3. The van der Waals surface area contributed by atoms with Crippen molar-refractivity contribution in [3.8, 4) is 5.75 Å². The van der Waals surface area contributed by atoms with Gasteiger partial charge in [-0.2, -0.15) is 0 Å². The molecule has 0 bridgehead atoms. The van der Waals surface area contributed by atoms with Gasteiger partial charge in [0.2, 0.25) is 0 Å². The molecule has 28 heavy (non-hydrogen) atoms. The summed E-state index contributed by atoms with van der Waals surface area (Å²) in [6.45, 7) is 5.68. The first kappa shape index (κ1) is 19.9. The molecule has 2 aromatic carbocycles. The van der Waals surface area contributed by atoms with Crippen molar-refractivity contribution >= 4 is 26.9 Å². The Kier molecular flexibility index (Phi) is 5.21. The maximum atomic E-state index is 13.5. The van der Waals surface area contributed by atoms with E-state index in [0.717, 1.165) is 9.54 Å². The Morgan fingerprint density at radius 3 is 2.39 bits per heavy atom. The van der Waals surface area contributed by atoms with E-state index in [0.29, 0.717) is 22.2 Å². The predicted octanol–water partition coefficient (Wildman–Crippen LogP) is 4.11. The summed E-state index contributed by atoms with van der Waals surface area (Å²) in [5, 5.41) is 0.521.